The molecule has 1 heterocycles. The van der Waals surface area contributed by atoms with E-state index in [1.165, 1.54) is 22.7 Å². The highest BCUT2D eigenvalue weighted by Crippen LogP contribution is 2.24. The third-order valence-corrected chi connectivity index (χ3v) is 4.01. The minimum Gasteiger partial charge on any atom is -0.323 e. The van der Waals surface area contributed by atoms with E-state index in [4.69, 9.17) is 5.73 Å². The summed E-state index contributed by atoms with van der Waals surface area (Å²) in [5.74, 6) is 0. The first kappa shape index (κ1) is 13.2. The van der Waals surface area contributed by atoms with E-state index < -0.39 is 0 Å². The van der Waals surface area contributed by atoms with Crippen LogP contribution in [0.5, 0.6) is 0 Å². The van der Waals surface area contributed by atoms with Crippen molar-refractivity contribution in [2.45, 2.75) is 39.2 Å². The van der Waals surface area contributed by atoms with E-state index in [1.807, 2.05) is 0 Å². The van der Waals surface area contributed by atoms with Crippen LogP contribution in [0.3, 0.4) is 0 Å². The van der Waals surface area contributed by atoms with Crippen molar-refractivity contribution in [1.29, 1.82) is 0 Å². The lowest BCUT2D eigenvalue weighted by Gasteiger charge is -2.12. The van der Waals surface area contributed by atoms with Gasteiger partial charge < -0.3 is 5.73 Å². The van der Waals surface area contributed by atoms with E-state index >= 15 is 0 Å². The molecule has 1 aromatic heterocycles. The summed E-state index contributed by atoms with van der Waals surface area (Å²) in [4.78, 5) is 1.14. The van der Waals surface area contributed by atoms with Gasteiger partial charge >= 0.3 is 0 Å². The highest BCUT2D eigenvalue weighted by atomic mass is 32.1. The molecule has 0 amide bonds. The zero-order chi connectivity index (χ0) is 13.0. The first-order valence-electron chi connectivity index (χ1n) is 6.33. The molecule has 96 valence electrons. The lowest BCUT2D eigenvalue weighted by Crippen LogP contribution is -2.14. The molecule has 0 aliphatic heterocycles. The summed E-state index contributed by atoms with van der Waals surface area (Å²) in [6.07, 6.45) is 2.90. The van der Waals surface area contributed by atoms with Gasteiger partial charge in [-0.25, -0.2) is 0 Å². The molecule has 2 N–H and O–H groups in total. The van der Waals surface area contributed by atoms with Gasteiger partial charge in [0.1, 0.15) is 0 Å². The maximum absolute atomic E-state index is 6.30. The molecule has 0 aliphatic carbocycles. The molecular weight excluding hydrogens is 242 g/mol. The molecule has 1 aromatic carbocycles. The van der Waals surface area contributed by atoms with Gasteiger partial charge in [-0.1, -0.05) is 42.1 Å². The highest BCUT2D eigenvalue weighted by molar-refractivity contribution is 7.05. The summed E-state index contributed by atoms with van der Waals surface area (Å²) < 4.78 is 4.04. The van der Waals surface area contributed by atoms with Gasteiger partial charge in [-0.3, -0.25) is 0 Å². The Balaban J connectivity index is 2.14. The molecule has 2 aromatic rings. The van der Waals surface area contributed by atoms with Crippen molar-refractivity contribution < 1.29 is 0 Å². The molecule has 0 fully saturated rings. The zero-order valence-electron chi connectivity index (χ0n) is 10.9. The minimum atomic E-state index is 0.00708. The molecule has 0 bridgehead atoms. The van der Waals surface area contributed by atoms with Crippen LogP contribution < -0.4 is 5.73 Å². The van der Waals surface area contributed by atoms with Crippen LogP contribution in [0.2, 0.25) is 0 Å². The Hall–Kier alpha value is -1.26. The van der Waals surface area contributed by atoms with Gasteiger partial charge in [-0.15, -0.1) is 5.10 Å². The normalized spacial score (nSPS) is 12.6. The molecule has 0 spiro atoms. The molecule has 1 unspecified atom stereocenters. The molecule has 0 aliphatic rings. The average Bonchev–Trinajstić information content (AvgIpc) is 2.81. The summed E-state index contributed by atoms with van der Waals surface area (Å²) in [5.41, 5.74) is 9.97. The number of rotatable bonds is 5. The minimum absolute atomic E-state index is 0.00708. The predicted octanol–water partition coefficient (Wildman–Crippen LogP) is 3.04. The highest BCUT2D eigenvalue weighted by Gasteiger charge is 2.16. The first-order valence-corrected chi connectivity index (χ1v) is 7.11. The van der Waals surface area contributed by atoms with Crippen LogP contribution in [0, 0.1) is 6.92 Å². The van der Waals surface area contributed by atoms with Gasteiger partial charge in [0.05, 0.1) is 10.6 Å². The standard InChI is InChI=1S/C14H19N3S/c1-3-6-13-14(18-17-16-13)12(15)9-11-8-5-4-7-10(11)2/h4-5,7-8,12H,3,6,9,15H2,1-2H3. The lowest BCUT2D eigenvalue weighted by atomic mass is 9.99. The van der Waals surface area contributed by atoms with Crippen LogP contribution in [0.4, 0.5) is 0 Å². The first-order chi connectivity index (χ1) is 8.72. The van der Waals surface area contributed by atoms with Gasteiger partial charge in [0, 0.05) is 6.04 Å². The molecule has 0 radical (unpaired) electrons. The second-order valence-electron chi connectivity index (χ2n) is 4.57. The summed E-state index contributed by atoms with van der Waals surface area (Å²) in [6, 6.07) is 8.39. The third kappa shape index (κ3) is 2.94. The van der Waals surface area contributed by atoms with Crippen molar-refractivity contribution in [3.05, 3.63) is 46.0 Å². The Kier molecular flexibility index (Phi) is 4.44. The topological polar surface area (TPSA) is 51.8 Å². The van der Waals surface area contributed by atoms with Crippen LogP contribution in [-0.4, -0.2) is 9.59 Å². The Morgan fingerprint density at radius 1 is 1.33 bits per heavy atom. The van der Waals surface area contributed by atoms with Crippen molar-refractivity contribution in [3.63, 3.8) is 0 Å². The third-order valence-electron chi connectivity index (χ3n) is 3.11. The summed E-state index contributed by atoms with van der Waals surface area (Å²) >= 11 is 1.44. The number of hydrogen-bond acceptors (Lipinski definition) is 4. The van der Waals surface area contributed by atoms with E-state index in [1.54, 1.807) is 0 Å². The second-order valence-corrected chi connectivity index (χ2v) is 5.36. The van der Waals surface area contributed by atoms with Gasteiger partial charge in [0.15, 0.2) is 0 Å². The molecule has 4 heteroatoms. The van der Waals surface area contributed by atoms with Gasteiger partial charge in [0.25, 0.3) is 0 Å². The maximum atomic E-state index is 6.30. The summed E-state index contributed by atoms with van der Waals surface area (Å²) in [5, 5.41) is 4.18. The van der Waals surface area contributed by atoms with E-state index in [2.05, 4.69) is 47.7 Å². The van der Waals surface area contributed by atoms with Crippen LogP contribution in [0.15, 0.2) is 24.3 Å². The summed E-state index contributed by atoms with van der Waals surface area (Å²) in [6.45, 7) is 4.27. The van der Waals surface area contributed by atoms with Crippen LogP contribution in [-0.2, 0) is 12.8 Å². The SMILES string of the molecule is CCCc1nnsc1C(N)Cc1ccccc1C. The molecule has 1 atom stereocenters. The fourth-order valence-electron chi connectivity index (χ4n) is 2.08. The maximum Gasteiger partial charge on any atom is 0.0803 e. The van der Waals surface area contributed by atoms with Gasteiger partial charge in [0.2, 0.25) is 0 Å². The monoisotopic (exact) mass is 261 g/mol. The number of aryl methyl sites for hydroxylation is 2. The van der Waals surface area contributed by atoms with Gasteiger partial charge in [-0.05, 0) is 42.4 Å². The molecular formula is C14H19N3S. The number of benzene rings is 1. The lowest BCUT2D eigenvalue weighted by molar-refractivity contribution is 0.712. The van der Waals surface area contributed by atoms with E-state index in [0.29, 0.717) is 0 Å². The Morgan fingerprint density at radius 2 is 2.11 bits per heavy atom. The molecule has 3 nitrogen and oxygen atoms in total. The van der Waals surface area contributed by atoms with Crippen molar-refractivity contribution in [2.24, 2.45) is 5.73 Å². The number of aromatic nitrogens is 2. The number of nitrogens with two attached hydrogens (primary N) is 1. The fourth-order valence-corrected chi connectivity index (χ4v) is 2.77. The molecule has 2 rings (SSSR count). The summed E-state index contributed by atoms with van der Waals surface area (Å²) in [7, 11) is 0. The number of hydrogen-bond donors (Lipinski definition) is 1. The zero-order valence-corrected chi connectivity index (χ0v) is 11.7. The van der Waals surface area contributed by atoms with E-state index in [0.717, 1.165) is 29.8 Å². The van der Waals surface area contributed by atoms with E-state index in [-0.39, 0.29) is 6.04 Å². The smallest absolute Gasteiger partial charge is 0.0803 e. The Morgan fingerprint density at radius 3 is 2.83 bits per heavy atom. The van der Waals surface area contributed by atoms with Crippen LogP contribution in [0.1, 0.15) is 41.1 Å². The molecule has 18 heavy (non-hydrogen) atoms. The van der Waals surface area contributed by atoms with E-state index in [9.17, 15) is 0 Å². The van der Waals surface area contributed by atoms with Crippen molar-refractivity contribution in [2.75, 3.05) is 0 Å². The van der Waals surface area contributed by atoms with Crippen molar-refractivity contribution in [3.8, 4) is 0 Å². The molecule has 0 saturated heterocycles. The second kappa shape index (κ2) is 6.07. The van der Waals surface area contributed by atoms with Crippen LogP contribution >= 0.6 is 11.5 Å². The van der Waals surface area contributed by atoms with Crippen molar-refractivity contribution in [1.82, 2.24) is 9.59 Å². The number of nitrogens with zero attached hydrogens (tertiary/aromatic N) is 2. The van der Waals surface area contributed by atoms with Gasteiger partial charge in [-0.2, -0.15) is 0 Å². The van der Waals surface area contributed by atoms with Crippen molar-refractivity contribution >= 4 is 11.5 Å². The quantitative estimate of drug-likeness (QED) is 0.900. The molecule has 0 saturated carbocycles. The predicted molar refractivity (Wildman–Crippen MR) is 75.7 cm³/mol. The largest absolute Gasteiger partial charge is 0.323 e. The Labute approximate surface area is 112 Å². The fraction of sp³-hybridized carbons (Fsp3) is 0.429. The van der Waals surface area contributed by atoms with Crippen LogP contribution in [0.25, 0.3) is 0 Å². The average molecular weight is 261 g/mol. The Bertz CT molecular complexity index is 507.